The van der Waals surface area contributed by atoms with Crippen LogP contribution in [-0.2, 0) is 10.3 Å². The van der Waals surface area contributed by atoms with Crippen LogP contribution in [0.25, 0.3) is 0 Å². The molecule has 0 atom stereocenters. The third kappa shape index (κ3) is 5.31. The lowest BCUT2D eigenvalue weighted by molar-refractivity contribution is 0.0596. The molecule has 0 aliphatic rings. The van der Waals surface area contributed by atoms with Crippen LogP contribution in [0.1, 0.15) is 67.3 Å². The molecule has 0 aliphatic carbocycles. The maximum Gasteiger partial charge on any atom is 0.344 e. The third-order valence-electron chi connectivity index (χ3n) is 5.46. The van der Waals surface area contributed by atoms with Crippen molar-refractivity contribution >= 4 is 17.8 Å². The highest BCUT2D eigenvalue weighted by molar-refractivity contribution is 6.01. The molecule has 0 spiro atoms. The van der Waals surface area contributed by atoms with Gasteiger partial charge in [-0.2, -0.15) is 0 Å². The van der Waals surface area contributed by atoms with Crippen molar-refractivity contribution in [2.24, 2.45) is 0 Å². The van der Waals surface area contributed by atoms with E-state index in [4.69, 9.17) is 9.47 Å². The first-order valence-corrected chi connectivity index (χ1v) is 10.8. The number of nitrogens with zero attached hydrogens (tertiary/aromatic N) is 1. The van der Waals surface area contributed by atoms with Gasteiger partial charge in [-0.25, -0.2) is 9.59 Å². The van der Waals surface area contributed by atoms with Crippen LogP contribution in [-0.4, -0.2) is 29.9 Å². The van der Waals surface area contributed by atoms with Crippen LogP contribution in [0.3, 0.4) is 0 Å². The lowest BCUT2D eigenvalue weighted by atomic mass is 9.98. The summed E-state index contributed by atoms with van der Waals surface area (Å²) in [6, 6.07) is 13.4. The number of nitrogens with one attached hydrogen (secondary N) is 1. The van der Waals surface area contributed by atoms with Gasteiger partial charge in [-0.3, -0.25) is 9.78 Å². The van der Waals surface area contributed by atoms with Crippen LogP contribution >= 0.6 is 0 Å². The van der Waals surface area contributed by atoms with Crippen molar-refractivity contribution in [1.82, 2.24) is 10.3 Å². The topological polar surface area (TPSA) is 94.6 Å². The Balaban J connectivity index is 1.99. The van der Waals surface area contributed by atoms with Gasteiger partial charge >= 0.3 is 11.9 Å². The number of esters is 2. The number of benzene rings is 2. The average molecular weight is 461 g/mol. The van der Waals surface area contributed by atoms with Gasteiger partial charge in [-0.15, -0.1) is 0 Å². The van der Waals surface area contributed by atoms with Crippen LogP contribution in [0.2, 0.25) is 0 Å². The Morgan fingerprint density at radius 3 is 2.18 bits per heavy atom. The second-order valence-electron chi connectivity index (χ2n) is 8.66. The summed E-state index contributed by atoms with van der Waals surface area (Å²) in [6.07, 6.45) is 1.65. The van der Waals surface area contributed by atoms with Crippen molar-refractivity contribution in [2.45, 2.75) is 40.2 Å². The summed E-state index contributed by atoms with van der Waals surface area (Å²) in [5, 5.41) is 2.93. The molecule has 1 heterocycles. The summed E-state index contributed by atoms with van der Waals surface area (Å²) in [7, 11) is 1.25. The lowest BCUT2D eigenvalue weighted by Gasteiger charge is -2.26. The minimum absolute atomic E-state index is 0.0402. The Labute approximate surface area is 199 Å². The van der Waals surface area contributed by atoms with Crippen molar-refractivity contribution < 1.29 is 23.9 Å². The van der Waals surface area contributed by atoms with Gasteiger partial charge in [0.15, 0.2) is 0 Å². The summed E-state index contributed by atoms with van der Waals surface area (Å²) in [6.45, 7) is 9.23. The summed E-state index contributed by atoms with van der Waals surface area (Å²) >= 11 is 0. The average Bonchev–Trinajstić information content (AvgIpc) is 2.78. The molecule has 0 saturated carbocycles. The molecule has 3 rings (SSSR count). The van der Waals surface area contributed by atoms with Gasteiger partial charge in [-0.05, 0) is 76.1 Å². The zero-order valence-corrected chi connectivity index (χ0v) is 20.2. The first-order chi connectivity index (χ1) is 16.0. The van der Waals surface area contributed by atoms with E-state index in [1.165, 1.54) is 25.3 Å². The molecule has 1 N–H and O–H groups in total. The minimum Gasteiger partial charge on any atom is -0.465 e. The maximum absolute atomic E-state index is 13.3. The Morgan fingerprint density at radius 2 is 1.59 bits per heavy atom. The van der Waals surface area contributed by atoms with E-state index in [9.17, 15) is 14.4 Å². The van der Waals surface area contributed by atoms with E-state index in [2.05, 4.69) is 10.3 Å². The number of methoxy groups -OCH3 is 1. The van der Waals surface area contributed by atoms with E-state index in [-0.39, 0.29) is 16.9 Å². The van der Waals surface area contributed by atoms with Gasteiger partial charge in [0.25, 0.3) is 5.91 Å². The molecular weight excluding hydrogens is 432 g/mol. The zero-order valence-electron chi connectivity index (χ0n) is 20.2. The van der Waals surface area contributed by atoms with Gasteiger partial charge < -0.3 is 14.8 Å². The fourth-order valence-corrected chi connectivity index (χ4v) is 3.84. The van der Waals surface area contributed by atoms with Gasteiger partial charge in [0.05, 0.1) is 35.0 Å². The quantitative estimate of drug-likeness (QED) is 0.424. The predicted molar refractivity (Wildman–Crippen MR) is 128 cm³/mol. The Hall–Kier alpha value is -4.00. The summed E-state index contributed by atoms with van der Waals surface area (Å²) in [4.78, 5) is 42.8. The number of carbonyl (C=O) groups excluding carboxylic acids is 3. The largest absolute Gasteiger partial charge is 0.465 e. The first-order valence-electron chi connectivity index (χ1n) is 10.8. The molecule has 0 bridgehead atoms. The van der Waals surface area contributed by atoms with Crippen molar-refractivity contribution in [1.29, 1.82) is 0 Å². The molecule has 0 radical (unpaired) electrons. The molecule has 3 aromatic rings. The highest BCUT2D eigenvalue weighted by Crippen LogP contribution is 2.26. The molecule has 0 unspecified atom stereocenters. The second-order valence-corrected chi connectivity index (χ2v) is 8.66. The SMILES string of the molecule is COC(=O)c1ccc(C(=O)NC(C)(C)c2ccccn2)c(OC(=O)c2c(C)cc(C)cc2C)c1. The van der Waals surface area contributed by atoms with Crippen molar-refractivity contribution in [3.05, 3.63) is 93.8 Å². The van der Waals surface area contributed by atoms with Crippen molar-refractivity contribution in [3.63, 3.8) is 0 Å². The van der Waals surface area contributed by atoms with E-state index in [1.54, 1.807) is 12.3 Å². The Kier molecular flexibility index (Phi) is 7.15. The highest BCUT2D eigenvalue weighted by Gasteiger charge is 2.28. The number of carbonyl (C=O) groups is 3. The molecule has 176 valence electrons. The van der Waals surface area contributed by atoms with Crippen LogP contribution in [0.4, 0.5) is 0 Å². The summed E-state index contributed by atoms with van der Waals surface area (Å²) in [5.41, 5.74) is 3.08. The maximum atomic E-state index is 13.3. The molecule has 2 aromatic carbocycles. The fraction of sp³-hybridized carbons (Fsp3) is 0.259. The van der Waals surface area contributed by atoms with Gasteiger partial charge in [0.1, 0.15) is 5.75 Å². The Bertz CT molecular complexity index is 1230. The normalized spacial score (nSPS) is 11.0. The minimum atomic E-state index is -0.801. The van der Waals surface area contributed by atoms with Crippen molar-refractivity contribution in [2.75, 3.05) is 7.11 Å². The predicted octanol–water partition coefficient (Wildman–Crippen LogP) is 4.68. The molecule has 0 fully saturated rings. The number of hydrogen-bond acceptors (Lipinski definition) is 6. The molecule has 7 nitrogen and oxygen atoms in total. The number of aromatic nitrogens is 1. The molecule has 34 heavy (non-hydrogen) atoms. The van der Waals surface area contributed by atoms with Crippen LogP contribution in [0.5, 0.6) is 5.75 Å². The van der Waals surface area contributed by atoms with E-state index < -0.39 is 23.4 Å². The molecule has 1 amide bonds. The number of hydrogen-bond donors (Lipinski definition) is 1. The van der Waals surface area contributed by atoms with E-state index >= 15 is 0 Å². The molecule has 1 aromatic heterocycles. The first kappa shape index (κ1) is 24.6. The molecule has 7 heteroatoms. The fourth-order valence-electron chi connectivity index (χ4n) is 3.84. The Morgan fingerprint density at radius 1 is 0.912 bits per heavy atom. The second kappa shape index (κ2) is 9.87. The van der Waals surface area contributed by atoms with E-state index in [1.807, 2.05) is 58.9 Å². The number of rotatable bonds is 6. The van der Waals surface area contributed by atoms with Crippen LogP contribution in [0.15, 0.2) is 54.7 Å². The zero-order chi connectivity index (χ0) is 25.0. The third-order valence-corrected chi connectivity index (χ3v) is 5.46. The van der Waals surface area contributed by atoms with Crippen LogP contribution < -0.4 is 10.1 Å². The summed E-state index contributed by atoms with van der Waals surface area (Å²) in [5.74, 6) is -1.75. The molecular formula is C27H28N2O5. The summed E-state index contributed by atoms with van der Waals surface area (Å²) < 4.78 is 10.5. The highest BCUT2D eigenvalue weighted by atomic mass is 16.5. The van der Waals surface area contributed by atoms with E-state index in [0.717, 1.165) is 16.7 Å². The van der Waals surface area contributed by atoms with Crippen LogP contribution in [0, 0.1) is 20.8 Å². The number of aryl methyl sites for hydroxylation is 3. The smallest absolute Gasteiger partial charge is 0.344 e. The van der Waals surface area contributed by atoms with Gasteiger partial charge in [0.2, 0.25) is 0 Å². The number of amides is 1. The molecule has 0 aliphatic heterocycles. The lowest BCUT2D eigenvalue weighted by Crippen LogP contribution is -2.41. The van der Waals surface area contributed by atoms with E-state index in [0.29, 0.717) is 11.3 Å². The standard InChI is InChI=1S/C27H28N2O5/c1-16-13-17(2)23(18(3)14-16)26(32)34-21-15-19(25(31)33-6)10-11-20(21)24(30)29-27(4,5)22-9-7-8-12-28-22/h7-15H,1-6H3,(H,29,30). The van der Waals surface area contributed by atoms with Crippen molar-refractivity contribution in [3.8, 4) is 5.75 Å². The van der Waals surface area contributed by atoms with Gasteiger partial charge in [-0.1, -0.05) is 23.8 Å². The number of pyridine rings is 1. The molecule has 0 saturated heterocycles. The monoisotopic (exact) mass is 460 g/mol. The van der Waals surface area contributed by atoms with Gasteiger partial charge in [0, 0.05) is 6.20 Å². The number of ether oxygens (including phenoxy) is 2.